The maximum Gasteiger partial charge on any atom is 0.299 e. The van der Waals surface area contributed by atoms with Crippen LogP contribution in [0.25, 0.3) is 0 Å². The fourth-order valence-corrected chi connectivity index (χ4v) is 5.32. The summed E-state index contributed by atoms with van der Waals surface area (Å²) in [6, 6.07) is 18.6. The first kappa shape index (κ1) is 29.2. The van der Waals surface area contributed by atoms with Crippen molar-refractivity contribution >= 4 is 34.9 Å². The Morgan fingerprint density at radius 2 is 1.76 bits per heavy atom. The molecule has 228 valence electrons. The van der Waals surface area contributed by atoms with E-state index in [1.807, 2.05) is 0 Å². The maximum atomic E-state index is 14.3. The molecule has 0 saturated carbocycles. The molecule has 1 atom stereocenters. The van der Waals surface area contributed by atoms with Crippen LogP contribution in [0.4, 0.5) is 11.4 Å². The highest BCUT2D eigenvalue weighted by atomic mass is 16.7. The van der Waals surface area contributed by atoms with Crippen molar-refractivity contribution in [2.45, 2.75) is 12.6 Å². The van der Waals surface area contributed by atoms with Gasteiger partial charge in [-0.1, -0.05) is 24.3 Å². The van der Waals surface area contributed by atoms with Crippen LogP contribution < -0.4 is 29.2 Å². The number of carbonyl (C=O) groups excluding carboxylic acids is 4. The minimum Gasteiger partial charge on any atom is -0.493 e. The number of methoxy groups -OCH3 is 2. The van der Waals surface area contributed by atoms with E-state index >= 15 is 0 Å². The SMILES string of the molecule is COc1ccc(C(C(=O)Nc2ccc3c(c2)OCO3)N(Cc2cccnc2)C(=O)CN2C(=O)C(=O)c3ccccc32)cc1OC. The number of ketones is 1. The van der Waals surface area contributed by atoms with Crippen LogP contribution in [-0.4, -0.2) is 60.9 Å². The van der Waals surface area contributed by atoms with Gasteiger partial charge in [0.25, 0.3) is 17.6 Å². The summed E-state index contributed by atoms with van der Waals surface area (Å²) >= 11 is 0. The lowest BCUT2D eigenvalue weighted by molar-refractivity contribution is -0.139. The van der Waals surface area contributed by atoms with E-state index < -0.39 is 36.1 Å². The predicted octanol–water partition coefficient (Wildman–Crippen LogP) is 3.77. The molecule has 1 N–H and O–H groups in total. The van der Waals surface area contributed by atoms with Gasteiger partial charge < -0.3 is 29.2 Å². The van der Waals surface area contributed by atoms with E-state index in [4.69, 9.17) is 18.9 Å². The van der Waals surface area contributed by atoms with Crippen LogP contribution in [0, 0.1) is 0 Å². The quantitative estimate of drug-likeness (QED) is 0.267. The number of carbonyl (C=O) groups is 4. The number of para-hydroxylation sites is 1. The van der Waals surface area contributed by atoms with Gasteiger partial charge in [0.2, 0.25) is 12.7 Å². The number of anilines is 2. The molecule has 3 heterocycles. The third-order valence-corrected chi connectivity index (χ3v) is 7.49. The average molecular weight is 609 g/mol. The van der Waals surface area contributed by atoms with Gasteiger partial charge in [-0.25, -0.2) is 0 Å². The summed E-state index contributed by atoms with van der Waals surface area (Å²) < 4.78 is 21.8. The Hall–Kier alpha value is -5.91. The van der Waals surface area contributed by atoms with E-state index in [0.717, 1.165) is 4.90 Å². The molecular weight excluding hydrogens is 580 g/mol. The molecule has 3 aromatic carbocycles. The predicted molar refractivity (Wildman–Crippen MR) is 161 cm³/mol. The van der Waals surface area contributed by atoms with Crippen molar-refractivity contribution < 1.29 is 38.1 Å². The molecule has 4 aromatic rings. The third kappa shape index (κ3) is 5.73. The summed E-state index contributed by atoms with van der Waals surface area (Å²) in [4.78, 5) is 60.9. The lowest BCUT2D eigenvalue weighted by atomic mass is 10.0. The minimum atomic E-state index is -1.23. The molecule has 12 heteroatoms. The molecule has 0 fully saturated rings. The molecule has 1 unspecified atom stereocenters. The second-order valence-electron chi connectivity index (χ2n) is 10.2. The first-order valence-electron chi connectivity index (χ1n) is 13.9. The highest BCUT2D eigenvalue weighted by Gasteiger charge is 2.39. The molecule has 12 nitrogen and oxygen atoms in total. The summed E-state index contributed by atoms with van der Waals surface area (Å²) in [5.74, 6) is -0.872. The zero-order valence-corrected chi connectivity index (χ0v) is 24.4. The second-order valence-corrected chi connectivity index (χ2v) is 10.2. The molecule has 0 saturated heterocycles. The van der Waals surface area contributed by atoms with Crippen molar-refractivity contribution in [1.82, 2.24) is 9.88 Å². The number of pyridine rings is 1. The molecule has 0 bridgehead atoms. The van der Waals surface area contributed by atoms with Crippen LogP contribution in [-0.2, 0) is 20.9 Å². The Balaban J connectivity index is 1.41. The van der Waals surface area contributed by atoms with Gasteiger partial charge in [0.05, 0.1) is 25.5 Å². The van der Waals surface area contributed by atoms with Gasteiger partial charge in [0.1, 0.15) is 12.6 Å². The van der Waals surface area contributed by atoms with E-state index in [2.05, 4.69) is 10.3 Å². The van der Waals surface area contributed by atoms with Crippen molar-refractivity contribution in [1.29, 1.82) is 0 Å². The zero-order valence-electron chi connectivity index (χ0n) is 24.4. The maximum absolute atomic E-state index is 14.3. The van der Waals surface area contributed by atoms with E-state index in [0.29, 0.717) is 45.5 Å². The zero-order chi connectivity index (χ0) is 31.5. The Morgan fingerprint density at radius 3 is 2.53 bits per heavy atom. The van der Waals surface area contributed by atoms with Crippen LogP contribution in [0.1, 0.15) is 27.5 Å². The molecule has 2 aliphatic rings. The van der Waals surface area contributed by atoms with Gasteiger partial charge in [0, 0.05) is 30.7 Å². The summed E-state index contributed by atoms with van der Waals surface area (Å²) in [5, 5.41) is 2.89. The van der Waals surface area contributed by atoms with Gasteiger partial charge >= 0.3 is 0 Å². The van der Waals surface area contributed by atoms with E-state index in [9.17, 15) is 19.2 Å². The van der Waals surface area contributed by atoms with Gasteiger partial charge in [-0.15, -0.1) is 0 Å². The Morgan fingerprint density at radius 1 is 0.956 bits per heavy atom. The van der Waals surface area contributed by atoms with E-state index in [1.54, 1.807) is 85.2 Å². The Kier molecular flexibility index (Phi) is 8.02. The lowest BCUT2D eigenvalue weighted by Crippen LogP contribution is -2.46. The van der Waals surface area contributed by atoms with Crippen LogP contribution in [0.2, 0.25) is 0 Å². The van der Waals surface area contributed by atoms with Crippen LogP contribution in [0.5, 0.6) is 23.0 Å². The third-order valence-electron chi connectivity index (χ3n) is 7.49. The highest BCUT2D eigenvalue weighted by Crippen LogP contribution is 2.37. The number of nitrogens with zero attached hydrogens (tertiary/aromatic N) is 3. The Labute approximate surface area is 258 Å². The summed E-state index contributed by atoms with van der Waals surface area (Å²) in [6.07, 6.45) is 3.18. The fourth-order valence-electron chi connectivity index (χ4n) is 5.32. The van der Waals surface area contributed by atoms with Gasteiger partial charge in [-0.05, 0) is 53.6 Å². The molecular formula is C33H28N4O8. The number of benzene rings is 3. The van der Waals surface area contributed by atoms with Gasteiger partial charge in [0.15, 0.2) is 23.0 Å². The average Bonchev–Trinajstić information content (AvgIpc) is 3.63. The van der Waals surface area contributed by atoms with E-state index in [1.165, 1.54) is 19.1 Å². The smallest absolute Gasteiger partial charge is 0.299 e. The number of hydrogen-bond acceptors (Lipinski definition) is 9. The van der Waals surface area contributed by atoms with Crippen molar-refractivity contribution in [2.75, 3.05) is 37.8 Å². The number of hydrogen-bond donors (Lipinski definition) is 1. The fraction of sp³-hybridized carbons (Fsp3) is 0.182. The molecule has 6 rings (SSSR count). The molecule has 0 radical (unpaired) electrons. The van der Waals surface area contributed by atoms with Gasteiger partial charge in [-0.2, -0.15) is 0 Å². The van der Waals surface area contributed by atoms with Crippen molar-refractivity contribution in [3.05, 3.63) is 102 Å². The summed E-state index contributed by atoms with van der Waals surface area (Å²) in [6.45, 7) is -0.462. The first-order valence-corrected chi connectivity index (χ1v) is 13.9. The largest absolute Gasteiger partial charge is 0.493 e. The second kappa shape index (κ2) is 12.4. The van der Waals surface area contributed by atoms with Crippen molar-refractivity contribution in [2.24, 2.45) is 0 Å². The molecule has 45 heavy (non-hydrogen) atoms. The van der Waals surface area contributed by atoms with Crippen LogP contribution >= 0.6 is 0 Å². The number of aromatic nitrogens is 1. The number of rotatable bonds is 10. The molecule has 0 spiro atoms. The molecule has 3 amide bonds. The van der Waals surface area contributed by atoms with Crippen molar-refractivity contribution in [3.8, 4) is 23.0 Å². The molecule has 2 aliphatic heterocycles. The van der Waals surface area contributed by atoms with Crippen LogP contribution in [0.3, 0.4) is 0 Å². The number of amides is 3. The minimum absolute atomic E-state index is 0.0438. The normalized spacial score (nSPS) is 13.7. The number of Topliss-reactive ketones (excluding diaryl/α,β-unsaturated/α-hetero) is 1. The van der Waals surface area contributed by atoms with E-state index in [-0.39, 0.29) is 18.9 Å². The monoisotopic (exact) mass is 608 g/mol. The number of fused-ring (bicyclic) bond motifs is 2. The van der Waals surface area contributed by atoms with Crippen molar-refractivity contribution in [3.63, 3.8) is 0 Å². The lowest BCUT2D eigenvalue weighted by Gasteiger charge is -2.33. The standard InChI is InChI=1S/C33H28N4O8/c1-42-25-11-9-21(14-27(25)43-2)30(32(40)35-22-10-12-26-28(15-22)45-19-44-26)37(17-20-6-5-13-34-16-20)29(38)18-36-24-8-4-3-7-23(24)31(39)33(36)41/h3-16,30H,17-19H2,1-2H3,(H,35,40). The Bertz CT molecular complexity index is 1790. The molecule has 1 aromatic heterocycles. The van der Waals surface area contributed by atoms with Crippen LogP contribution in [0.15, 0.2) is 85.2 Å². The number of ether oxygens (including phenoxy) is 4. The topological polar surface area (TPSA) is 137 Å². The van der Waals surface area contributed by atoms with Gasteiger partial charge in [-0.3, -0.25) is 29.1 Å². The number of nitrogens with one attached hydrogen (secondary N) is 1. The summed E-state index contributed by atoms with van der Waals surface area (Å²) in [7, 11) is 2.96. The highest BCUT2D eigenvalue weighted by molar-refractivity contribution is 6.52. The first-order chi connectivity index (χ1) is 21.9. The molecule has 0 aliphatic carbocycles. The summed E-state index contributed by atoms with van der Waals surface area (Å²) in [5.41, 5.74) is 2.00.